The summed E-state index contributed by atoms with van der Waals surface area (Å²) < 4.78 is 6.78. The minimum absolute atomic E-state index is 0.164. The van der Waals surface area contributed by atoms with E-state index in [1.807, 2.05) is 24.3 Å². The lowest BCUT2D eigenvalue weighted by atomic mass is 10.2. The number of furan rings is 1. The molecule has 0 saturated carbocycles. The molecule has 2 heterocycles. The SMILES string of the molecule is O=C1CCCN1c1oc2ccccc2c1I. The van der Waals surface area contributed by atoms with E-state index in [9.17, 15) is 4.79 Å². The van der Waals surface area contributed by atoms with Gasteiger partial charge in [-0.3, -0.25) is 9.69 Å². The molecule has 1 aromatic heterocycles. The molecule has 1 saturated heterocycles. The van der Waals surface area contributed by atoms with Crippen molar-refractivity contribution in [1.29, 1.82) is 0 Å². The number of hydrogen-bond acceptors (Lipinski definition) is 2. The van der Waals surface area contributed by atoms with Crippen molar-refractivity contribution < 1.29 is 9.21 Å². The third-order valence-corrected chi connectivity index (χ3v) is 3.88. The topological polar surface area (TPSA) is 33.5 Å². The lowest BCUT2D eigenvalue weighted by molar-refractivity contribution is -0.117. The van der Waals surface area contributed by atoms with Crippen LogP contribution in [0.25, 0.3) is 11.0 Å². The van der Waals surface area contributed by atoms with Crippen LogP contribution in [0.15, 0.2) is 28.7 Å². The average Bonchev–Trinajstić information content (AvgIpc) is 2.84. The van der Waals surface area contributed by atoms with E-state index < -0.39 is 0 Å². The highest BCUT2D eigenvalue weighted by Crippen LogP contribution is 2.35. The molecule has 2 aromatic rings. The van der Waals surface area contributed by atoms with Gasteiger partial charge in [0.2, 0.25) is 11.8 Å². The third-order valence-electron chi connectivity index (χ3n) is 2.84. The summed E-state index contributed by atoms with van der Waals surface area (Å²) >= 11 is 2.25. The van der Waals surface area contributed by atoms with E-state index in [-0.39, 0.29) is 5.91 Å². The number of fused-ring (bicyclic) bond motifs is 1. The molecular formula is C12H10INO2. The normalized spacial score (nSPS) is 16.3. The summed E-state index contributed by atoms with van der Waals surface area (Å²) in [5.41, 5.74) is 0.849. The maximum atomic E-state index is 11.7. The fourth-order valence-corrected chi connectivity index (χ4v) is 2.88. The van der Waals surface area contributed by atoms with Crippen LogP contribution >= 0.6 is 22.6 Å². The lowest BCUT2D eigenvalue weighted by Gasteiger charge is -2.11. The van der Waals surface area contributed by atoms with Crippen molar-refractivity contribution in [1.82, 2.24) is 0 Å². The van der Waals surface area contributed by atoms with Gasteiger partial charge in [-0.05, 0) is 41.1 Å². The van der Waals surface area contributed by atoms with Gasteiger partial charge in [0.05, 0.1) is 3.57 Å². The van der Waals surface area contributed by atoms with Crippen molar-refractivity contribution in [3.05, 3.63) is 27.8 Å². The first-order chi connectivity index (χ1) is 7.77. The van der Waals surface area contributed by atoms with Crippen molar-refractivity contribution in [2.24, 2.45) is 0 Å². The smallest absolute Gasteiger partial charge is 0.229 e. The number of carbonyl (C=O) groups excluding carboxylic acids is 1. The van der Waals surface area contributed by atoms with Crippen molar-refractivity contribution >= 4 is 45.4 Å². The first-order valence-electron chi connectivity index (χ1n) is 5.25. The largest absolute Gasteiger partial charge is 0.439 e. The molecule has 0 radical (unpaired) electrons. The zero-order chi connectivity index (χ0) is 11.1. The van der Waals surface area contributed by atoms with Gasteiger partial charge in [-0.1, -0.05) is 12.1 Å². The maximum Gasteiger partial charge on any atom is 0.229 e. The predicted octanol–water partition coefficient (Wildman–Crippen LogP) is 3.16. The van der Waals surface area contributed by atoms with Crippen LogP contribution in [0.3, 0.4) is 0 Å². The summed E-state index contributed by atoms with van der Waals surface area (Å²) in [7, 11) is 0. The Kier molecular flexibility index (Phi) is 2.38. The van der Waals surface area contributed by atoms with E-state index in [0.717, 1.165) is 27.5 Å². The second-order valence-electron chi connectivity index (χ2n) is 3.87. The number of amides is 1. The zero-order valence-corrected chi connectivity index (χ0v) is 10.7. The lowest BCUT2D eigenvalue weighted by Crippen LogP contribution is -2.23. The molecule has 0 N–H and O–H groups in total. The fraction of sp³-hybridized carbons (Fsp3) is 0.250. The van der Waals surface area contributed by atoms with Gasteiger partial charge in [0.15, 0.2) is 0 Å². The Morgan fingerprint density at radius 1 is 1.31 bits per heavy atom. The number of carbonyl (C=O) groups is 1. The number of halogens is 1. The van der Waals surface area contributed by atoms with Crippen LogP contribution in [0.4, 0.5) is 5.88 Å². The fourth-order valence-electron chi connectivity index (χ4n) is 2.04. The standard InChI is InChI=1S/C12H10INO2/c13-11-8-4-1-2-5-9(8)16-12(11)14-7-3-6-10(14)15/h1-2,4-5H,3,6-7H2. The van der Waals surface area contributed by atoms with E-state index in [0.29, 0.717) is 12.3 Å². The molecule has 0 atom stereocenters. The van der Waals surface area contributed by atoms with Crippen LogP contribution in [0.2, 0.25) is 0 Å². The van der Waals surface area contributed by atoms with Crippen molar-refractivity contribution in [3.8, 4) is 0 Å². The highest BCUT2D eigenvalue weighted by atomic mass is 127. The van der Waals surface area contributed by atoms with Gasteiger partial charge < -0.3 is 4.42 Å². The second kappa shape index (κ2) is 3.76. The third kappa shape index (κ3) is 1.43. The number of rotatable bonds is 1. The summed E-state index contributed by atoms with van der Waals surface area (Å²) in [6.07, 6.45) is 1.55. The first kappa shape index (κ1) is 10.1. The van der Waals surface area contributed by atoms with Crippen molar-refractivity contribution in [3.63, 3.8) is 0 Å². The van der Waals surface area contributed by atoms with Gasteiger partial charge in [0.1, 0.15) is 5.58 Å². The van der Waals surface area contributed by atoms with Crippen molar-refractivity contribution in [2.45, 2.75) is 12.8 Å². The van der Waals surface area contributed by atoms with Crippen LogP contribution < -0.4 is 4.90 Å². The molecule has 3 nitrogen and oxygen atoms in total. The summed E-state index contributed by atoms with van der Waals surface area (Å²) in [6, 6.07) is 7.87. The summed E-state index contributed by atoms with van der Waals surface area (Å²) in [6.45, 7) is 0.772. The van der Waals surface area contributed by atoms with Crippen molar-refractivity contribution in [2.75, 3.05) is 11.4 Å². The number of benzene rings is 1. The quantitative estimate of drug-likeness (QED) is 0.754. The van der Waals surface area contributed by atoms with Gasteiger partial charge >= 0.3 is 0 Å². The Hall–Kier alpha value is -1.04. The van der Waals surface area contributed by atoms with Gasteiger partial charge in [0, 0.05) is 18.4 Å². The molecule has 0 bridgehead atoms. The maximum absolute atomic E-state index is 11.7. The van der Waals surface area contributed by atoms with E-state index >= 15 is 0 Å². The van der Waals surface area contributed by atoms with Gasteiger partial charge in [-0.25, -0.2) is 0 Å². The molecule has 1 amide bonds. The molecule has 1 aromatic carbocycles. The van der Waals surface area contributed by atoms with E-state index in [4.69, 9.17) is 4.42 Å². The zero-order valence-electron chi connectivity index (χ0n) is 8.57. The van der Waals surface area contributed by atoms with Gasteiger partial charge in [-0.15, -0.1) is 0 Å². The Labute approximate surface area is 107 Å². The molecule has 1 aliphatic rings. The molecular weight excluding hydrogens is 317 g/mol. The monoisotopic (exact) mass is 327 g/mol. The molecule has 1 fully saturated rings. The van der Waals surface area contributed by atoms with E-state index in [1.165, 1.54) is 0 Å². The Balaban J connectivity index is 2.17. The Bertz CT molecular complexity index is 561. The molecule has 16 heavy (non-hydrogen) atoms. The molecule has 82 valence electrons. The molecule has 3 rings (SSSR count). The molecule has 0 aliphatic carbocycles. The first-order valence-corrected chi connectivity index (χ1v) is 6.32. The van der Waals surface area contributed by atoms with Crippen LogP contribution in [0.5, 0.6) is 0 Å². The highest BCUT2D eigenvalue weighted by molar-refractivity contribution is 14.1. The number of anilines is 1. The molecule has 1 aliphatic heterocycles. The van der Waals surface area contributed by atoms with Gasteiger partial charge in [-0.2, -0.15) is 0 Å². The van der Waals surface area contributed by atoms with E-state index in [1.54, 1.807) is 4.90 Å². The number of para-hydroxylation sites is 1. The summed E-state index contributed by atoms with van der Waals surface area (Å²) in [5, 5.41) is 1.08. The number of hydrogen-bond donors (Lipinski definition) is 0. The summed E-state index contributed by atoms with van der Waals surface area (Å²) in [4.78, 5) is 13.4. The van der Waals surface area contributed by atoms with Crippen LogP contribution in [0.1, 0.15) is 12.8 Å². The van der Waals surface area contributed by atoms with Crippen LogP contribution in [0, 0.1) is 3.57 Å². The second-order valence-corrected chi connectivity index (χ2v) is 4.95. The van der Waals surface area contributed by atoms with E-state index in [2.05, 4.69) is 22.6 Å². The Morgan fingerprint density at radius 3 is 2.81 bits per heavy atom. The minimum Gasteiger partial charge on any atom is -0.439 e. The molecule has 0 spiro atoms. The minimum atomic E-state index is 0.164. The van der Waals surface area contributed by atoms with Crippen LogP contribution in [-0.4, -0.2) is 12.5 Å². The predicted molar refractivity (Wildman–Crippen MR) is 70.5 cm³/mol. The summed E-state index contributed by atoms with van der Waals surface area (Å²) in [5.74, 6) is 0.876. The highest BCUT2D eigenvalue weighted by Gasteiger charge is 2.27. The van der Waals surface area contributed by atoms with Crippen LogP contribution in [-0.2, 0) is 4.79 Å². The molecule has 4 heteroatoms. The molecule has 0 unspecified atom stereocenters. The Morgan fingerprint density at radius 2 is 2.12 bits per heavy atom. The average molecular weight is 327 g/mol. The van der Waals surface area contributed by atoms with Gasteiger partial charge in [0.25, 0.3) is 0 Å². The number of nitrogens with zero attached hydrogens (tertiary/aromatic N) is 1.